The van der Waals surface area contributed by atoms with Crippen molar-refractivity contribution in [2.75, 3.05) is 6.54 Å². The summed E-state index contributed by atoms with van der Waals surface area (Å²) < 4.78 is 0.291. The van der Waals surface area contributed by atoms with Crippen LogP contribution in [0.4, 0.5) is 0 Å². The lowest BCUT2D eigenvalue weighted by molar-refractivity contribution is -0.140. The van der Waals surface area contributed by atoms with E-state index in [1.165, 1.54) is 11.3 Å². The van der Waals surface area contributed by atoms with E-state index in [1.54, 1.807) is 6.08 Å². The van der Waals surface area contributed by atoms with Crippen LogP contribution in [-0.2, 0) is 9.59 Å². The number of nitrogens with zero attached hydrogens (tertiary/aromatic N) is 1. The molecule has 0 saturated carbocycles. The maximum atomic E-state index is 11.9. The minimum absolute atomic E-state index is 0.291. The molecule has 0 bridgehead atoms. The number of hydrogen-bond acceptors (Lipinski definition) is 5. The number of carbonyl (C=O) groups is 2. The van der Waals surface area contributed by atoms with Gasteiger partial charge < -0.3 is 5.11 Å². The van der Waals surface area contributed by atoms with Crippen molar-refractivity contribution in [2.24, 2.45) is 0 Å². The van der Waals surface area contributed by atoms with E-state index in [4.69, 9.17) is 17.3 Å². The fourth-order valence-corrected chi connectivity index (χ4v) is 3.15. The summed E-state index contributed by atoms with van der Waals surface area (Å²) in [4.78, 5) is 24.0. The van der Waals surface area contributed by atoms with Crippen molar-refractivity contribution < 1.29 is 14.7 Å². The second-order valence-corrected chi connectivity index (χ2v) is 5.67. The first kappa shape index (κ1) is 12.3. The number of thiocarbonyl (C=S) groups is 1. The van der Waals surface area contributed by atoms with Gasteiger partial charge in [-0.2, -0.15) is 11.3 Å². The Kier molecular flexibility index (Phi) is 3.60. The fraction of sp³-hybridized carbons (Fsp3) is 0.100. The third-order valence-corrected chi connectivity index (χ3v) is 4.09. The molecule has 17 heavy (non-hydrogen) atoms. The second kappa shape index (κ2) is 4.99. The first-order valence-corrected chi connectivity index (χ1v) is 6.74. The van der Waals surface area contributed by atoms with Crippen LogP contribution in [0.3, 0.4) is 0 Å². The molecule has 0 spiro atoms. The summed E-state index contributed by atoms with van der Waals surface area (Å²) in [6, 6.07) is 1.88. The Morgan fingerprint density at radius 3 is 2.94 bits per heavy atom. The highest BCUT2D eigenvalue weighted by atomic mass is 32.2. The molecule has 1 aromatic heterocycles. The molecule has 0 atom stereocenters. The van der Waals surface area contributed by atoms with E-state index in [9.17, 15) is 9.59 Å². The minimum Gasteiger partial charge on any atom is -0.480 e. The molecule has 0 aliphatic carbocycles. The molecule has 1 saturated heterocycles. The van der Waals surface area contributed by atoms with Crippen LogP contribution in [0.25, 0.3) is 6.08 Å². The topological polar surface area (TPSA) is 57.6 Å². The van der Waals surface area contributed by atoms with Gasteiger partial charge in [0.05, 0.1) is 4.91 Å². The van der Waals surface area contributed by atoms with E-state index in [0.29, 0.717) is 9.23 Å². The van der Waals surface area contributed by atoms with Gasteiger partial charge in [0.1, 0.15) is 10.9 Å². The molecule has 1 amide bonds. The van der Waals surface area contributed by atoms with Gasteiger partial charge in [0.2, 0.25) is 0 Å². The molecule has 0 unspecified atom stereocenters. The van der Waals surface area contributed by atoms with Crippen molar-refractivity contribution in [3.8, 4) is 0 Å². The fourth-order valence-electron chi connectivity index (χ4n) is 1.28. The van der Waals surface area contributed by atoms with E-state index >= 15 is 0 Å². The van der Waals surface area contributed by atoms with Crippen LogP contribution in [0.5, 0.6) is 0 Å². The number of aliphatic carboxylic acids is 1. The lowest BCUT2D eigenvalue weighted by atomic mass is 10.3. The van der Waals surface area contributed by atoms with Crippen molar-refractivity contribution in [1.29, 1.82) is 0 Å². The van der Waals surface area contributed by atoms with Crippen molar-refractivity contribution in [2.45, 2.75) is 0 Å². The molecular formula is C10H7NO3S3. The number of amides is 1. The van der Waals surface area contributed by atoms with Crippen LogP contribution in [-0.4, -0.2) is 32.7 Å². The number of hydrogen-bond donors (Lipinski definition) is 1. The van der Waals surface area contributed by atoms with Crippen LogP contribution >= 0.6 is 35.3 Å². The average molecular weight is 285 g/mol. The summed E-state index contributed by atoms with van der Waals surface area (Å²) in [5.74, 6) is -1.41. The van der Waals surface area contributed by atoms with Gasteiger partial charge in [0.15, 0.2) is 0 Å². The summed E-state index contributed by atoms with van der Waals surface area (Å²) in [5.41, 5.74) is 0.922. The number of thioether (sulfide) groups is 1. The van der Waals surface area contributed by atoms with Crippen molar-refractivity contribution in [1.82, 2.24) is 4.90 Å². The van der Waals surface area contributed by atoms with Gasteiger partial charge in [0, 0.05) is 0 Å². The standard InChI is InChI=1S/C10H7NO3S3/c12-8(13)4-11-9(14)7(17-10(11)15)3-6-1-2-16-5-6/h1-3,5H,4H2,(H,12,13)/b7-3-. The van der Waals surface area contributed by atoms with Crippen LogP contribution in [0.15, 0.2) is 21.7 Å². The lowest BCUT2D eigenvalue weighted by Gasteiger charge is -2.09. The Morgan fingerprint density at radius 2 is 2.35 bits per heavy atom. The van der Waals surface area contributed by atoms with Gasteiger partial charge in [0.25, 0.3) is 5.91 Å². The summed E-state index contributed by atoms with van der Waals surface area (Å²) in [5, 5.41) is 12.5. The predicted octanol–water partition coefficient (Wildman–Crippen LogP) is 2.03. The highest BCUT2D eigenvalue weighted by Gasteiger charge is 2.33. The van der Waals surface area contributed by atoms with Crippen LogP contribution in [0, 0.1) is 0 Å². The first-order valence-electron chi connectivity index (χ1n) is 4.57. The van der Waals surface area contributed by atoms with E-state index < -0.39 is 5.97 Å². The average Bonchev–Trinajstić information content (AvgIpc) is 2.83. The molecule has 4 nitrogen and oxygen atoms in total. The largest absolute Gasteiger partial charge is 0.480 e. The molecule has 1 N–H and O–H groups in total. The Balaban J connectivity index is 2.21. The first-order chi connectivity index (χ1) is 8.08. The maximum absolute atomic E-state index is 11.9. The molecular weight excluding hydrogens is 278 g/mol. The predicted molar refractivity (Wildman–Crippen MR) is 71.8 cm³/mol. The Morgan fingerprint density at radius 1 is 1.59 bits per heavy atom. The maximum Gasteiger partial charge on any atom is 0.323 e. The number of carboxylic acid groups (broad SMARTS) is 1. The zero-order chi connectivity index (χ0) is 12.4. The van der Waals surface area contributed by atoms with Gasteiger partial charge in [-0.3, -0.25) is 14.5 Å². The zero-order valence-electron chi connectivity index (χ0n) is 8.45. The normalized spacial score (nSPS) is 18.1. The highest BCUT2D eigenvalue weighted by Crippen LogP contribution is 2.32. The van der Waals surface area contributed by atoms with Crippen LogP contribution in [0.1, 0.15) is 5.56 Å². The Bertz CT molecular complexity index is 507. The summed E-state index contributed by atoms with van der Waals surface area (Å²) in [7, 11) is 0. The summed E-state index contributed by atoms with van der Waals surface area (Å²) in [6.45, 7) is -0.383. The molecule has 1 aromatic rings. The SMILES string of the molecule is O=C(O)CN1C(=O)/C(=C/c2ccsc2)SC1=S. The summed E-state index contributed by atoms with van der Waals surface area (Å²) >= 11 is 7.64. The number of carboxylic acids is 1. The second-order valence-electron chi connectivity index (χ2n) is 3.22. The molecule has 1 fully saturated rings. The molecule has 2 heterocycles. The number of carbonyl (C=O) groups excluding carboxylic acids is 1. The lowest BCUT2D eigenvalue weighted by Crippen LogP contribution is -2.33. The highest BCUT2D eigenvalue weighted by molar-refractivity contribution is 8.26. The van der Waals surface area contributed by atoms with Gasteiger partial charge in [-0.1, -0.05) is 24.0 Å². The molecule has 7 heteroatoms. The molecule has 0 aromatic carbocycles. The quantitative estimate of drug-likeness (QED) is 0.680. The Labute approximate surface area is 111 Å². The molecule has 1 aliphatic heterocycles. The van der Waals surface area contributed by atoms with Crippen molar-refractivity contribution >= 4 is 57.6 Å². The zero-order valence-corrected chi connectivity index (χ0v) is 10.9. The minimum atomic E-state index is -1.07. The molecule has 88 valence electrons. The van der Waals surface area contributed by atoms with Gasteiger partial charge >= 0.3 is 5.97 Å². The number of rotatable bonds is 3. The van der Waals surface area contributed by atoms with Crippen LogP contribution in [0.2, 0.25) is 0 Å². The van der Waals surface area contributed by atoms with Crippen LogP contribution < -0.4 is 0 Å². The third kappa shape index (κ3) is 2.74. The van der Waals surface area contributed by atoms with Gasteiger partial charge in [-0.25, -0.2) is 0 Å². The third-order valence-electron chi connectivity index (χ3n) is 2.01. The molecule has 1 aliphatic rings. The Hall–Kier alpha value is -1.18. The van der Waals surface area contributed by atoms with E-state index in [0.717, 1.165) is 22.2 Å². The van der Waals surface area contributed by atoms with E-state index in [2.05, 4.69) is 0 Å². The summed E-state index contributed by atoms with van der Waals surface area (Å²) in [6.07, 6.45) is 1.72. The number of thiophene rings is 1. The molecule has 2 rings (SSSR count). The van der Waals surface area contributed by atoms with Gasteiger partial charge in [-0.05, 0) is 28.5 Å². The van der Waals surface area contributed by atoms with E-state index in [1.807, 2.05) is 16.8 Å². The molecule has 0 radical (unpaired) electrons. The van der Waals surface area contributed by atoms with Crippen molar-refractivity contribution in [3.05, 3.63) is 27.3 Å². The smallest absolute Gasteiger partial charge is 0.323 e. The van der Waals surface area contributed by atoms with Crippen molar-refractivity contribution in [3.63, 3.8) is 0 Å². The van der Waals surface area contributed by atoms with E-state index in [-0.39, 0.29) is 12.5 Å². The van der Waals surface area contributed by atoms with Gasteiger partial charge in [-0.15, -0.1) is 0 Å². The monoisotopic (exact) mass is 285 g/mol.